The van der Waals surface area contributed by atoms with E-state index < -0.39 is 0 Å². The summed E-state index contributed by atoms with van der Waals surface area (Å²) < 4.78 is 0. The molecule has 1 aliphatic rings. The molecule has 0 aliphatic heterocycles. The van der Waals surface area contributed by atoms with Crippen LogP contribution in [0.3, 0.4) is 0 Å². The summed E-state index contributed by atoms with van der Waals surface area (Å²) in [5.41, 5.74) is 5.93. The molecule has 0 amide bonds. The van der Waals surface area contributed by atoms with Crippen molar-refractivity contribution in [2.75, 3.05) is 13.2 Å². The maximum Gasteiger partial charge on any atom is 0.0445 e. The van der Waals surface area contributed by atoms with Gasteiger partial charge in [-0.15, -0.1) is 0 Å². The molecule has 13 heavy (non-hydrogen) atoms. The molecule has 0 aromatic carbocycles. The van der Waals surface area contributed by atoms with Crippen molar-refractivity contribution in [2.24, 2.45) is 11.7 Å². The number of nitrogens with one attached hydrogen (secondary N) is 1. The topological polar surface area (TPSA) is 58.3 Å². The lowest BCUT2D eigenvalue weighted by molar-refractivity contribution is 0.105. The van der Waals surface area contributed by atoms with Crippen LogP contribution in [0.25, 0.3) is 0 Å². The molecule has 1 rings (SSSR count). The Hall–Kier alpha value is -0.120. The second-order valence-electron chi connectivity index (χ2n) is 4.56. The second kappa shape index (κ2) is 4.40. The van der Waals surface area contributed by atoms with Crippen LogP contribution in [0.4, 0.5) is 0 Å². The molecule has 1 saturated carbocycles. The minimum atomic E-state index is 0.175. The van der Waals surface area contributed by atoms with E-state index in [-0.39, 0.29) is 12.1 Å². The Labute approximate surface area is 80.7 Å². The fraction of sp³-hybridized carbons (Fsp3) is 1.00. The van der Waals surface area contributed by atoms with Gasteiger partial charge in [0.05, 0.1) is 0 Å². The highest BCUT2D eigenvalue weighted by atomic mass is 16.3. The molecule has 3 heteroatoms. The summed E-state index contributed by atoms with van der Waals surface area (Å²) in [5, 5.41) is 12.3. The van der Waals surface area contributed by atoms with Crippen LogP contribution < -0.4 is 11.1 Å². The highest BCUT2D eigenvalue weighted by Crippen LogP contribution is 2.36. The molecule has 0 saturated heterocycles. The van der Waals surface area contributed by atoms with Gasteiger partial charge in [0, 0.05) is 24.7 Å². The summed E-state index contributed by atoms with van der Waals surface area (Å²) in [6.45, 7) is 5.33. The maximum atomic E-state index is 8.78. The van der Waals surface area contributed by atoms with E-state index in [9.17, 15) is 0 Å². The molecule has 0 spiro atoms. The van der Waals surface area contributed by atoms with E-state index in [2.05, 4.69) is 19.2 Å². The van der Waals surface area contributed by atoms with Gasteiger partial charge in [-0.05, 0) is 32.1 Å². The van der Waals surface area contributed by atoms with Crippen molar-refractivity contribution in [1.82, 2.24) is 5.32 Å². The summed E-state index contributed by atoms with van der Waals surface area (Å²) in [4.78, 5) is 0. The molecule has 1 fully saturated rings. The number of hydrogen-bond acceptors (Lipinski definition) is 3. The number of aliphatic hydroxyl groups excluding tert-OH is 1. The smallest absolute Gasteiger partial charge is 0.0445 e. The number of nitrogens with two attached hydrogens (primary N) is 1. The lowest BCUT2D eigenvalue weighted by atomic mass is 9.69. The van der Waals surface area contributed by atoms with Crippen LogP contribution in [0.15, 0.2) is 0 Å². The number of hydrogen-bond donors (Lipinski definition) is 3. The van der Waals surface area contributed by atoms with Crippen LogP contribution in [0.5, 0.6) is 0 Å². The average molecular weight is 186 g/mol. The predicted molar refractivity (Wildman–Crippen MR) is 54.5 cm³/mol. The van der Waals surface area contributed by atoms with Gasteiger partial charge in [-0.3, -0.25) is 0 Å². The first-order valence-corrected chi connectivity index (χ1v) is 5.20. The molecule has 3 nitrogen and oxygen atoms in total. The van der Waals surface area contributed by atoms with Gasteiger partial charge >= 0.3 is 0 Å². The maximum absolute atomic E-state index is 8.78. The lowest BCUT2D eigenvalue weighted by Crippen LogP contribution is -2.61. The molecule has 0 aromatic heterocycles. The van der Waals surface area contributed by atoms with Crippen LogP contribution in [0.1, 0.15) is 33.1 Å². The van der Waals surface area contributed by atoms with E-state index in [0.29, 0.717) is 12.6 Å². The molecular weight excluding hydrogens is 164 g/mol. The highest BCUT2D eigenvalue weighted by Gasteiger charge is 2.41. The minimum absolute atomic E-state index is 0.175. The first-order chi connectivity index (χ1) is 6.12. The van der Waals surface area contributed by atoms with E-state index in [1.165, 1.54) is 12.8 Å². The third-order valence-corrected chi connectivity index (χ3v) is 2.98. The highest BCUT2D eigenvalue weighted by molar-refractivity contribution is 5.01. The Morgan fingerprint density at radius 2 is 2.23 bits per heavy atom. The van der Waals surface area contributed by atoms with Gasteiger partial charge < -0.3 is 16.2 Å². The fourth-order valence-electron chi connectivity index (χ4n) is 2.41. The van der Waals surface area contributed by atoms with Gasteiger partial charge in [0.1, 0.15) is 0 Å². The fourth-order valence-corrected chi connectivity index (χ4v) is 2.41. The van der Waals surface area contributed by atoms with Crippen LogP contribution in [0.2, 0.25) is 0 Å². The van der Waals surface area contributed by atoms with E-state index in [1.807, 2.05) is 0 Å². The Kier molecular flexibility index (Phi) is 3.71. The van der Waals surface area contributed by atoms with E-state index in [0.717, 1.165) is 12.3 Å². The van der Waals surface area contributed by atoms with Gasteiger partial charge in [-0.1, -0.05) is 6.92 Å². The Balaban J connectivity index is 2.32. The average Bonchev–Trinajstić information content (AvgIpc) is 2.01. The largest absolute Gasteiger partial charge is 0.396 e. The minimum Gasteiger partial charge on any atom is -0.396 e. The van der Waals surface area contributed by atoms with Gasteiger partial charge in [-0.25, -0.2) is 0 Å². The third-order valence-electron chi connectivity index (χ3n) is 2.98. The van der Waals surface area contributed by atoms with Crippen molar-refractivity contribution < 1.29 is 5.11 Å². The van der Waals surface area contributed by atoms with Gasteiger partial charge in [0.15, 0.2) is 0 Å². The molecule has 0 heterocycles. The van der Waals surface area contributed by atoms with E-state index >= 15 is 0 Å². The quantitative estimate of drug-likeness (QED) is 0.585. The summed E-state index contributed by atoms with van der Waals surface area (Å²) >= 11 is 0. The molecular formula is C10H22N2O. The van der Waals surface area contributed by atoms with E-state index in [1.54, 1.807) is 0 Å². The standard InChI is InChI=1S/C10H22N2O/c1-8-5-10(6-8,7-11)12-9(2)3-4-13/h8-9,12-13H,3-7,11H2,1-2H3. The molecule has 4 N–H and O–H groups in total. The van der Waals surface area contributed by atoms with Gasteiger partial charge in [0.2, 0.25) is 0 Å². The van der Waals surface area contributed by atoms with Crippen molar-refractivity contribution in [1.29, 1.82) is 0 Å². The lowest BCUT2D eigenvalue weighted by Gasteiger charge is -2.48. The Morgan fingerprint density at radius 1 is 1.62 bits per heavy atom. The molecule has 0 bridgehead atoms. The molecule has 1 unspecified atom stereocenters. The predicted octanol–water partition coefficient (Wildman–Crippen LogP) is 0.474. The molecule has 1 atom stereocenters. The van der Waals surface area contributed by atoms with Gasteiger partial charge in [0.25, 0.3) is 0 Å². The van der Waals surface area contributed by atoms with Crippen LogP contribution in [0, 0.1) is 5.92 Å². The van der Waals surface area contributed by atoms with Crippen molar-refractivity contribution in [3.05, 3.63) is 0 Å². The summed E-state index contributed by atoms with van der Waals surface area (Å²) in [7, 11) is 0. The molecule has 78 valence electrons. The van der Waals surface area contributed by atoms with E-state index in [4.69, 9.17) is 10.8 Å². The van der Waals surface area contributed by atoms with Crippen molar-refractivity contribution in [3.8, 4) is 0 Å². The summed E-state index contributed by atoms with van der Waals surface area (Å²) in [5.74, 6) is 0.803. The second-order valence-corrected chi connectivity index (χ2v) is 4.56. The zero-order valence-electron chi connectivity index (χ0n) is 8.71. The van der Waals surface area contributed by atoms with Crippen LogP contribution >= 0.6 is 0 Å². The zero-order valence-corrected chi connectivity index (χ0v) is 8.71. The SMILES string of the molecule is CC1CC(CN)(NC(C)CCO)C1. The molecule has 0 aromatic rings. The number of rotatable bonds is 5. The van der Waals surface area contributed by atoms with Crippen molar-refractivity contribution in [3.63, 3.8) is 0 Å². The van der Waals surface area contributed by atoms with Crippen molar-refractivity contribution in [2.45, 2.75) is 44.7 Å². The molecule has 1 aliphatic carbocycles. The normalized spacial score (nSPS) is 35.5. The van der Waals surface area contributed by atoms with Gasteiger partial charge in [-0.2, -0.15) is 0 Å². The first kappa shape index (κ1) is 11.0. The monoisotopic (exact) mass is 186 g/mol. The van der Waals surface area contributed by atoms with Crippen LogP contribution in [-0.4, -0.2) is 29.8 Å². The third kappa shape index (κ3) is 2.66. The summed E-state index contributed by atoms with van der Waals surface area (Å²) in [6.07, 6.45) is 3.18. The summed E-state index contributed by atoms with van der Waals surface area (Å²) in [6, 6.07) is 0.376. The Morgan fingerprint density at radius 3 is 2.62 bits per heavy atom. The van der Waals surface area contributed by atoms with Crippen molar-refractivity contribution >= 4 is 0 Å². The first-order valence-electron chi connectivity index (χ1n) is 5.20. The number of aliphatic hydroxyl groups is 1. The molecule has 0 radical (unpaired) electrons. The van der Waals surface area contributed by atoms with Crippen LogP contribution in [-0.2, 0) is 0 Å². The Bertz CT molecular complexity index is 155. The zero-order chi connectivity index (χ0) is 9.90.